The fourth-order valence-corrected chi connectivity index (χ4v) is 4.40. The maximum Gasteiger partial charge on any atom is 0.296 e. The molecule has 1 fully saturated rings. The molecule has 0 aliphatic carbocycles. The van der Waals surface area contributed by atoms with E-state index in [4.69, 9.17) is 0 Å². The average molecular weight is 453 g/mol. The average Bonchev–Trinajstić information content (AvgIpc) is 3.03. The van der Waals surface area contributed by atoms with Crippen molar-refractivity contribution in [3.63, 3.8) is 0 Å². The third kappa shape index (κ3) is 5.27. The summed E-state index contributed by atoms with van der Waals surface area (Å²) in [4.78, 5) is 31.2. The molecular formula is C19H24FN5O5S. The van der Waals surface area contributed by atoms with Crippen molar-refractivity contribution in [2.24, 2.45) is 7.05 Å². The van der Waals surface area contributed by atoms with Gasteiger partial charge in [-0.1, -0.05) is 12.1 Å². The van der Waals surface area contributed by atoms with Crippen molar-refractivity contribution in [3.05, 3.63) is 57.5 Å². The van der Waals surface area contributed by atoms with Gasteiger partial charge in [0, 0.05) is 26.2 Å². The number of likely N-dealkylation sites (N-methyl/N-ethyl adjacent to an activating group) is 1. The van der Waals surface area contributed by atoms with E-state index in [0.717, 1.165) is 10.8 Å². The van der Waals surface area contributed by atoms with Crippen molar-refractivity contribution >= 4 is 15.9 Å². The standard InChI is InChI=1S/C19H24FN5O5S/c1-24-10-13(23-31(3,29)30)8-14(24)17-22-15(16(26)19(28)25(17)2)18(27)21-9-11-4-6-12(20)7-5-11/h4-7,13-14,23,26H,8-10H2,1-3H3,(H,21,27). The smallest absolute Gasteiger partial charge is 0.296 e. The predicted molar refractivity (Wildman–Crippen MR) is 110 cm³/mol. The molecule has 2 atom stereocenters. The molecule has 1 amide bonds. The van der Waals surface area contributed by atoms with Crippen molar-refractivity contribution < 1.29 is 22.7 Å². The molecule has 10 nitrogen and oxygen atoms in total. The Bertz CT molecular complexity index is 1150. The summed E-state index contributed by atoms with van der Waals surface area (Å²) in [5.74, 6) is -1.72. The van der Waals surface area contributed by atoms with Gasteiger partial charge in [-0.2, -0.15) is 0 Å². The molecule has 0 radical (unpaired) electrons. The van der Waals surface area contributed by atoms with Crippen LogP contribution in [0.5, 0.6) is 5.75 Å². The highest BCUT2D eigenvalue weighted by atomic mass is 32.2. The van der Waals surface area contributed by atoms with Gasteiger partial charge in [0.2, 0.25) is 15.8 Å². The van der Waals surface area contributed by atoms with Crippen LogP contribution >= 0.6 is 0 Å². The van der Waals surface area contributed by atoms with Gasteiger partial charge in [-0.3, -0.25) is 19.1 Å². The minimum Gasteiger partial charge on any atom is -0.501 e. The molecule has 0 spiro atoms. The van der Waals surface area contributed by atoms with Crippen LogP contribution in [0, 0.1) is 5.82 Å². The van der Waals surface area contributed by atoms with Gasteiger partial charge in [0.15, 0.2) is 5.69 Å². The number of hydrogen-bond acceptors (Lipinski definition) is 7. The van der Waals surface area contributed by atoms with E-state index >= 15 is 0 Å². The molecule has 0 saturated carbocycles. The number of carbonyl (C=O) groups excluding carboxylic acids is 1. The summed E-state index contributed by atoms with van der Waals surface area (Å²) in [6.45, 7) is 0.440. The molecule has 1 aromatic carbocycles. The summed E-state index contributed by atoms with van der Waals surface area (Å²) in [5, 5.41) is 12.8. The van der Waals surface area contributed by atoms with E-state index in [-0.39, 0.29) is 18.4 Å². The highest BCUT2D eigenvalue weighted by Crippen LogP contribution is 2.30. The quantitative estimate of drug-likeness (QED) is 0.554. The van der Waals surface area contributed by atoms with Gasteiger partial charge in [-0.05, 0) is 31.2 Å². The second-order valence-electron chi connectivity index (χ2n) is 7.62. The lowest BCUT2D eigenvalue weighted by atomic mass is 10.1. The SMILES string of the molecule is CN1CC(NS(C)(=O)=O)CC1c1nc(C(=O)NCc2ccc(F)cc2)c(O)c(=O)n1C. The Hall–Kier alpha value is -2.83. The summed E-state index contributed by atoms with van der Waals surface area (Å²) in [6, 6.07) is 4.68. The second kappa shape index (κ2) is 8.73. The van der Waals surface area contributed by atoms with E-state index in [0.29, 0.717) is 18.5 Å². The lowest BCUT2D eigenvalue weighted by Gasteiger charge is -2.21. The number of halogens is 1. The number of benzene rings is 1. The molecule has 3 N–H and O–H groups in total. The number of nitrogens with one attached hydrogen (secondary N) is 2. The van der Waals surface area contributed by atoms with Crippen LogP contribution in [-0.4, -0.2) is 59.8 Å². The zero-order valence-electron chi connectivity index (χ0n) is 17.3. The van der Waals surface area contributed by atoms with E-state index < -0.39 is 44.8 Å². The maximum atomic E-state index is 13.0. The van der Waals surface area contributed by atoms with Crippen LogP contribution < -0.4 is 15.6 Å². The second-order valence-corrected chi connectivity index (χ2v) is 9.40. The Kier molecular flexibility index (Phi) is 6.43. The number of aromatic hydroxyl groups is 1. The van der Waals surface area contributed by atoms with Gasteiger partial charge in [0.1, 0.15) is 11.6 Å². The van der Waals surface area contributed by atoms with Crippen molar-refractivity contribution in [2.45, 2.75) is 25.0 Å². The van der Waals surface area contributed by atoms with Crippen molar-refractivity contribution in [2.75, 3.05) is 19.8 Å². The Morgan fingerprint density at radius 2 is 1.94 bits per heavy atom. The molecule has 2 aromatic rings. The zero-order chi connectivity index (χ0) is 22.9. The first-order valence-electron chi connectivity index (χ1n) is 9.46. The zero-order valence-corrected chi connectivity index (χ0v) is 18.1. The molecule has 1 saturated heterocycles. The number of rotatable bonds is 6. The summed E-state index contributed by atoms with van der Waals surface area (Å²) in [7, 11) is -0.235. The summed E-state index contributed by atoms with van der Waals surface area (Å²) >= 11 is 0. The molecule has 2 heterocycles. The first-order valence-corrected chi connectivity index (χ1v) is 11.4. The fraction of sp³-hybridized carbons (Fsp3) is 0.421. The largest absolute Gasteiger partial charge is 0.501 e. The number of hydrogen-bond donors (Lipinski definition) is 3. The third-order valence-electron chi connectivity index (χ3n) is 5.11. The van der Waals surface area contributed by atoms with Gasteiger partial charge in [0.05, 0.1) is 12.3 Å². The van der Waals surface area contributed by atoms with Crippen LogP contribution in [0.4, 0.5) is 4.39 Å². The molecule has 168 valence electrons. The monoisotopic (exact) mass is 453 g/mol. The topological polar surface area (TPSA) is 134 Å². The Labute approximate surface area is 178 Å². The Morgan fingerprint density at radius 3 is 2.55 bits per heavy atom. The minimum absolute atomic E-state index is 0.0501. The molecule has 31 heavy (non-hydrogen) atoms. The third-order valence-corrected chi connectivity index (χ3v) is 5.87. The first-order chi connectivity index (χ1) is 14.5. The van der Waals surface area contributed by atoms with E-state index in [9.17, 15) is 27.5 Å². The molecule has 1 aliphatic heterocycles. The van der Waals surface area contributed by atoms with E-state index in [1.165, 1.54) is 31.3 Å². The van der Waals surface area contributed by atoms with Crippen molar-refractivity contribution in [3.8, 4) is 5.75 Å². The highest BCUT2D eigenvalue weighted by molar-refractivity contribution is 7.88. The lowest BCUT2D eigenvalue weighted by Crippen LogP contribution is -2.35. The van der Waals surface area contributed by atoms with Gasteiger partial charge in [0.25, 0.3) is 11.5 Å². The van der Waals surface area contributed by atoms with Crippen LogP contribution in [0.1, 0.15) is 34.3 Å². The fourth-order valence-electron chi connectivity index (χ4n) is 3.62. The molecule has 2 unspecified atom stereocenters. The van der Waals surface area contributed by atoms with Crippen LogP contribution in [0.25, 0.3) is 0 Å². The molecule has 0 bridgehead atoms. The number of nitrogens with zero attached hydrogens (tertiary/aromatic N) is 3. The molecular weight excluding hydrogens is 429 g/mol. The maximum absolute atomic E-state index is 13.0. The van der Waals surface area contributed by atoms with Gasteiger partial charge in [-0.25, -0.2) is 22.5 Å². The van der Waals surface area contributed by atoms with Crippen LogP contribution in [0.15, 0.2) is 29.1 Å². The Balaban J connectivity index is 1.85. The Morgan fingerprint density at radius 1 is 1.29 bits per heavy atom. The van der Waals surface area contributed by atoms with E-state index in [2.05, 4.69) is 15.0 Å². The minimum atomic E-state index is -3.41. The highest BCUT2D eigenvalue weighted by Gasteiger charge is 2.35. The van der Waals surface area contributed by atoms with E-state index in [1.807, 2.05) is 4.90 Å². The number of likely N-dealkylation sites (tertiary alicyclic amines) is 1. The van der Waals surface area contributed by atoms with Crippen LogP contribution in [-0.2, 0) is 23.6 Å². The van der Waals surface area contributed by atoms with Crippen LogP contribution in [0.3, 0.4) is 0 Å². The molecule has 12 heteroatoms. The number of carbonyl (C=O) groups is 1. The van der Waals surface area contributed by atoms with Gasteiger partial charge >= 0.3 is 0 Å². The van der Waals surface area contributed by atoms with Crippen molar-refractivity contribution in [1.29, 1.82) is 0 Å². The molecule has 3 rings (SSSR count). The van der Waals surface area contributed by atoms with Gasteiger partial charge < -0.3 is 10.4 Å². The summed E-state index contributed by atoms with van der Waals surface area (Å²) < 4.78 is 39.8. The number of sulfonamides is 1. The molecule has 1 aromatic heterocycles. The summed E-state index contributed by atoms with van der Waals surface area (Å²) in [5.41, 5.74) is -0.582. The predicted octanol–water partition coefficient (Wildman–Crippen LogP) is -0.151. The normalized spacial score (nSPS) is 19.5. The first kappa shape index (κ1) is 22.8. The van der Waals surface area contributed by atoms with Crippen LogP contribution in [0.2, 0.25) is 0 Å². The van der Waals surface area contributed by atoms with Crippen molar-refractivity contribution in [1.82, 2.24) is 24.5 Å². The number of amides is 1. The van der Waals surface area contributed by atoms with E-state index in [1.54, 1.807) is 7.05 Å². The summed E-state index contributed by atoms with van der Waals surface area (Å²) in [6.07, 6.45) is 1.41. The number of aromatic nitrogens is 2. The molecule has 1 aliphatic rings. The van der Waals surface area contributed by atoms with Gasteiger partial charge in [-0.15, -0.1) is 0 Å². The lowest BCUT2D eigenvalue weighted by molar-refractivity contribution is 0.0941.